The number of rotatable bonds is 38. The van der Waals surface area contributed by atoms with Crippen molar-refractivity contribution in [2.75, 3.05) is 31.2 Å². The van der Waals surface area contributed by atoms with Gasteiger partial charge in [-0.2, -0.15) is 4.58 Å². The summed E-state index contributed by atoms with van der Waals surface area (Å²) in [5.74, 6) is 0.580. The molecule has 75 heavy (non-hydrogen) atoms. The van der Waals surface area contributed by atoms with E-state index in [0.717, 1.165) is 148 Å². The lowest BCUT2D eigenvalue weighted by Crippen LogP contribution is -2.35. The Morgan fingerprint density at radius 1 is 0.627 bits per heavy atom. The Kier molecular flexibility index (Phi) is 26.6. The van der Waals surface area contributed by atoms with E-state index in [1.165, 1.54) is 86.7 Å². The lowest BCUT2D eigenvalue weighted by molar-refractivity contribution is -0.436. The third-order valence-electron chi connectivity index (χ3n) is 16.6. The Hall–Kier alpha value is -4.30. The van der Waals surface area contributed by atoms with Crippen LogP contribution in [0.3, 0.4) is 0 Å². The van der Waals surface area contributed by atoms with Crippen LogP contribution in [0.5, 0.6) is 11.5 Å². The maximum Gasteiger partial charge on any atom is 0.309 e. The van der Waals surface area contributed by atoms with E-state index in [4.69, 9.17) is 21.1 Å². The molecule has 0 saturated heterocycles. The summed E-state index contributed by atoms with van der Waals surface area (Å²) in [6, 6.07) is 13.1. The van der Waals surface area contributed by atoms with Gasteiger partial charge in [-0.15, -0.1) is 0 Å². The topological polar surface area (TPSA) is 99.3 Å². The van der Waals surface area contributed by atoms with Gasteiger partial charge >= 0.3 is 11.9 Å². The summed E-state index contributed by atoms with van der Waals surface area (Å²) in [7, 11) is 0. The average Bonchev–Trinajstić information content (AvgIpc) is 3.81. The molecular formula is C66H100ClN2O6+. The number of anilines is 1. The molecule has 2 N–H and O–H groups in total. The van der Waals surface area contributed by atoms with Crippen LogP contribution in [0.25, 0.3) is 0 Å². The Morgan fingerprint density at radius 3 is 1.69 bits per heavy atom. The molecule has 0 radical (unpaired) electrons. The molecule has 9 heteroatoms. The van der Waals surface area contributed by atoms with Crippen LogP contribution < -0.4 is 14.4 Å². The van der Waals surface area contributed by atoms with Crippen LogP contribution in [0.4, 0.5) is 11.4 Å². The Morgan fingerprint density at radius 2 is 1.15 bits per heavy atom. The highest BCUT2D eigenvalue weighted by Crippen LogP contribution is 2.55. The van der Waals surface area contributed by atoms with Crippen LogP contribution in [0.15, 0.2) is 82.6 Å². The molecule has 3 aliphatic rings. The standard InChI is InChI=1S/C66H99ClN2O6/c1-8-15-21-23-25-27-45-74-54-31-33-58-56(49-54)65(39-17-10-3,40-18-11-4)60(68(58)43-37-62(70)71)35-29-52-47-51(14-7)48-53(64(52)67)30-36-61-66(41-19-12-5,42-20-13-6)57-50-55(75-46-28-26-24-22-16-9-2)32-34-59(57)69(61)44-38-63(72)73/h29-36,49-51H,8-28,37-48H2,1-7H3,(H-,70,71,72,73)/p+1. The summed E-state index contributed by atoms with van der Waals surface area (Å²) in [4.78, 5) is 26.9. The van der Waals surface area contributed by atoms with Crippen molar-refractivity contribution in [2.45, 2.75) is 245 Å². The van der Waals surface area contributed by atoms with Crippen LogP contribution in [-0.4, -0.2) is 58.7 Å². The number of allylic oxidation sites excluding steroid dienone is 8. The fraction of sp³-hybridized carbons (Fsp3) is 0.652. The second-order valence-electron chi connectivity index (χ2n) is 22.2. The van der Waals surface area contributed by atoms with Crippen LogP contribution >= 0.6 is 11.6 Å². The molecule has 0 spiro atoms. The van der Waals surface area contributed by atoms with Crippen LogP contribution in [0.1, 0.15) is 246 Å². The summed E-state index contributed by atoms with van der Waals surface area (Å²) in [5, 5.41) is 21.0. The SMILES string of the molecule is CCCCCCCCOc1ccc2c(c1)C(CCCC)(CCCC)C(=CC=C1CC(CC)CC(C=CC3=[N+](CCC(=O)O)c4ccc(OCCCCCCCC)cc4C3(CCCC)CCCC)=C1Cl)N2CCC(=O)O. The molecule has 2 aromatic rings. The number of ether oxygens (including phenoxy) is 2. The van der Waals surface area contributed by atoms with Gasteiger partial charge in [0.1, 0.15) is 17.9 Å². The van der Waals surface area contributed by atoms with E-state index >= 15 is 0 Å². The fourth-order valence-corrected chi connectivity index (χ4v) is 12.5. The molecule has 1 unspecified atom stereocenters. The quantitative estimate of drug-likeness (QED) is 0.0510. The zero-order valence-corrected chi connectivity index (χ0v) is 48.7. The number of fused-ring (bicyclic) bond motifs is 2. The first-order valence-corrected chi connectivity index (χ1v) is 30.7. The zero-order chi connectivity index (χ0) is 54.1. The third-order valence-corrected chi connectivity index (χ3v) is 17.1. The van der Waals surface area contributed by atoms with Gasteiger partial charge in [-0.3, -0.25) is 9.59 Å². The molecule has 0 saturated carbocycles. The summed E-state index contributed by atoms with van der Waals surface area (Å²) in [6.07, 6.45) is 38.8. The minimum Gasteiger partial charge on any atom is -0.494 e. The van der Waals surface area contributed by atoms with E-state index in [1.807, 2.05) is 0 Å². The second kappa shape index (κ2) is 32.4. The van der Waals surface area contributed by atoms with E-state index in [1.54, 1.807) is 0 Å². The summed E-state index contributed by atoms with van der Waals surface area (Å²) in [6.45, 7) is 18.0. The van der Waals surface area contributed by atoms with Crippen molar-refractivity contribution >= 4 is 40.6 Å². The monoisotopic (exact) mass is 1050 g/mol. The maximum absolute atomic E-state index is 12.3. The minimum atomic E-state index is -0.802. The number of benzene rings is 2. The van der Waals surface area contributed by atoms with Crippen molar-refractivity contribution < 1.29 is 33.9 Å². The van der Waals surface area contributed by atoms with E-state index in [2.05, 4.69) is 119 Å². The lowest BCUT2D eigenvalue weighted by atomic mass is 9.70. The van der Waals surface area contributed by atoms with Gasteiger partial charge in [0.2, 0.25) is 5.69 Å². The molecule has 0 aromatic heterocycles. The normalized spacial score (nSPS) is 18.0. The molecule has 0 fully saturated rings. The first kappa shape index (κ1) is 61.6. The first-order chi connectivity index (χ1) is 36.5. The molecule has 0 amide bonds. The smallest absolute Gasteiger partial charge is 0.309 e. The van der Waals surface area contributed by atoms with Gasteiger partial charge < -0.3 is 24.6 Å². The number of aliphatic carboxylic acids is 2. The number of carboxylic acid groups (broad SMARTS) is 2. The lowest BCUT2D eigenvalue weighted by Gasteiger charge is -2.34. The van der Waals surface area contributed by atoms with Crippen LogP contribution in [0, 0.1) is 5.92 Å². The molecule has 2 aromatic carbocycles. The van der Waals surface area contributed by atoms with Crippen molar-refractivity contribution in [3.05, 3.63) is 93.7 Å². The second-order valence-corrected chi connectivity index (χ2v) is 22.6. The third kappa shape index (κ3) is 16.8. The van der Waals surface area contributed by atoms with Gasteiger partial charge in [-0.05, 0) is 110 Å². The predicted octanol–water partition coefficient (Wildman–Crippen LogP) is 18.6. The fourth-order valence-electron chi connectivity index (χ4n) is 12.3. The van der Waals surface area contributed by atoms with E-state index < -0.39 is 11.9 Å². The highest BCUT2D eigenvalue weighted by Gasteiger charge is 2.51. The molecule has 1 atom stereocenters. The van der Waals surface area contributed by atoms with Crippen molar-refractivity contribution in [1.82, 2.24) is 0 Å². The highest BCUT2D eigenvalue weighted by atomic mass is 35.5. The summed E-state index contributed by atoms with van der Waals surface area (Å²) in [5.41, 5.74) is 8.64. The molecule has 8 nitrogen and oxygen atoms in total. The van der Waals surface area contributed by atoms with Crippen LogP contribution in [0.2, 0.25) is 0 Å². The Bertz CT molecular complexity index is 2250. The van der Waals surface area contributed by atoms with Crippen LogP contribution in [-0.2, 0) is 20.4 Å². The van der Waals surface area contributed by atoms with Gasteiger partial charge in [0.25, 0.3) is 0 Å². The predicted molar refractivity (Wildman–Crippen MR) is 315 cm³/mol. The summed E-state index contributed by atoms with van der Waals surface area (Å²) >= 11 is 7.71. The zero-order valence-electron chi connectivity index (χ0n) is 48.0. The van der Waals surface area contributed by atoms with Crippen molar-refractivity contribution in [3.8, 4) is 11.5 Å². The molecular weight excluding hydrogens is 952 g/mol. The maximum atomic E-state index is 12.3. The molecule has 2 heterocycles. The van der Waals surface area contributed by atoms with Crippen molar-refractivity contribution in [2.24, 2.45) is 5.92 Å². The number of hydrogen-bond acceptors (Lipinski definition) is 5. The Balaban J connectivity index is 1.61. The van der Waals surface area contributed by atoms with E-state index in [0.29, 0.717) is 32.2 Å². The average molecular weight is 1050 g/mol. The highest BCUT2D eigenvalue weighted by molar-refractivity contribution is 6.32. The number of halogens is 1. The van der Waals surface area contributed by atoms with Crippen molar-refractivity contribution in [1.29, 1.82) is 0 Å². The molecule has 0 bridgehead atoms. The van der Waals surface area contributed by atoms with E-state index in [9.17, 15) is 19.8 Å². The number of carbonyl (C=O) groups is 2. The van der Waals surface area contributed by atoms with E-state index in [-0.39, 0.29) is 23.7 Å². The van der Waals surface area contributed by atoms with Gasteiger partial charge in [0.15, 0.2) is 12.3 Å². The van der Waals surface area contributed by atoms with Gasteiger partial charge in [-0.1, -0.05) is 194 Å². The summed E-state index contributed by atoms with van der Waals surface area (Å²) < 4.78 is 15.3. The number of unbranched alkanes of at least 4 members (excludes halogenated alkanes) is 14. The van der Waals surface area contributed by atoms with Gasteiger partial charge in [0.05, 0.1) is 25.0 Å². The number of carboxylic acids is 2. The minimum absolute atomic E-state index is 0.0342. The molecule has 5 rings (SSSR count). The molecule has 1 aliphatic carbocycles. The largest absolute Gasteiger partial charge is 0.494 e. The van der Waals surface area contributed by atoms with Gasteiger partial charge in [-0.25, -0.2) is 0 Å². The molecule has 416 valence electrons. The molecule has 2 aliphatic heterocycles. The number of hydrogen-bond donors (Lipinski definition) is 2. The van der Waals surface area contributed by atoms with Gasteiger partial charge in [0, 0.05) is 46.1 Å². The van der Waals surface area contributed by atoms with Crippen molar-refractivity contribution in [3.63, 3.8) is 0 Å². The first-order valence-electron chi connectivity index (χ1n) is 30.4. The number of nitrogens with zero attached hydrogens (tertiary/aromatic N) is 2. The Labute approximate surface area is 460 Å².